The largest absolute Gasteiger partial charge is 0.389 e. The Balaban J connectivity index is 1.21. The molecule has 3 fully saturated rings. The number of amides is 2. The van der Waals surface area contributed by atoms with Crippen LogP contribution in [0.15, 0.2) is 48.5 Å². The molecular formula is C28H33F2N3O4. The van der Waals surface area contributed by atoms with Crippen molar-refractivity contribution in [1.82, 2.24) is 15.5 Å². The number of benzene rings is 2. The summed E-state index contributed by atoms with van der Waals surface area (Å²) in [7, 11) is 0. The van der Waals surface area contributed by atoms with Crippen molar-refractivity contribution in [2.75, 3.05) is 19.6 Å². The van der Waals surface area contributed by atoms with E-state index in [2.05, 4.69) is 10.6 Å². The summed E-state index contributed by atoms with van der Waals surface area (Å²) in [5.74, 6) is -1.84. The highest BCUT2D eigenvalue weighted by Gasteiger charge is 2.43. The van der Waals surface area contributed by atoms with Gasteiger partial charge in [0.2, 0.25) is 11.8 Å². The van der Waals surface area contributed by atoms with Crippen LogP contribution in [0.2, 0.25) is 0 Å². The third-order valence-electron chi connectivity index (χ3n) is 7.47. The second-order valence-corrected chi connectivity index (χ2v) is 10.5. The summed E-state index contributed by atoms with van der Waals surface area (Å²) >= 11 is 0. The first kappa shape index (κ1) is 25.8. The van der Waals surface area contributed by atoms with E-state index < -0.39 is 23.8 Å². The third-order valence-corrected chi connectivity index (χ3v) is 7.47. The van der Waals surface area contributed by atoms with Crippen LogP contribution in [0.3, 0.4) is 0 Å². The molecule has 5 rings (SSSR count). The third kappa shape index (κ3) is 6.52. The average molecular weight is 514 g/mol. The van der Waals surface area contributed by atoms with Crippen molar-refractivity contribution < 1.29 is 28.2 Å². The SMILES string of the molecule is O=C(N[C@@H](Cc1cc(F)cc(F)c1)[C@H](O)[C@H]1C[C@@H](OCc2ccccc2)CN1)C1CN(C(=O)C2CC2)C1. The fraction of sp³-hybridized carbons (Fsp3) is 0.500. The number of hydrogen-bond donors (Lipinski definition) is 3. The van der Waals surface area contributed by atoms with Gasteiger partial charge in [0.15, 0.2) is 0 Å². The number of hydrogen-bond acceptors (Lipinski definition) is 5. The molecule has 9 heteroatoms. The molecule has 0 bridgehead atoms. The molecule has 2 saturated heterocycles. The number of aliphatic hydroxyl groups is 1. The Kier molecular flexibility index (Phi) is 7.83. The van der Waals surface area contributed by atoms with Crippen molar-refractivity contribution in [2.24, 2.45) is 11.8 Å². The van der Waals surface area contributed by atoms with E-state index >= 15 is 0 Å². The summed E-state index contributed by atoms with van der Waals surface area (Å²) in [6.07, 6.45) is 1.29. The second kappa shape index (κ2) is 11.2. The Morgan fingerprint density at radius 2 is 1.76 bits per heavy atom. The first-order chi connectivity index (χ1) is 17.9. The van der Waals surface area contributed by atoms with Gasteiger partial charge in [0.05, 0.1) is 30.8 Å². The summed E-state index contributed by atoms with van der Waals surface area (Å²) in [6, 6.07) is 11.9. The van der Waals surface area contributed by atoms with Crippen LogP contribution in [-0.4, -0.2) is 65.7 Å². The fourth-order valence-corrected chi connectivity index (χ4v) is 5.14. The topological polar surface area (TPSA) is 90.9 Å². The van der Waals surface area contributed by atoms with E-state index in [1.807, 2.05) is 30.3 Å². The minimum atomic E-state index is -1.01. The molecule has 4 atom stereocenters. The highest BCUT2D eigenvalue weighted by atomic mass is 19.1. The molecule has 7 nitrogen and oxygen atoms in total. The standard InChI is InChI=1S/C28H33F2N3O4/c29-21-8-18(9-22(30)11-21)10-25(32-27(35)20-14-33(15-20)28(36)19-6-7-19)26(34)24-12-23(13-31-24)37-16-17-4-2-1-3-5-17/h1-5,8-9,11,19-20,23-26,31,34H,6-7,10,12-16H2,(H,32,35)/t23-,24-,25+,26-/m1/s1. The maximum Gasteiger partial charge on any atom is 0.227 e. The van der Waals surface area contributed by atoms with Gasteiger partial charge in [0, 0.05) is 37.7 Å². The molecule has 1 saturated carbocycles. The van der Waals surface area contributed by atoms with Gasteiger partial charge in [-0.15, -0.1) is 0 Å². The Hall–Kier alpha value is -2.88. The van der Waals surface area contributed by atoms with E-state index in [1.165, 1.54) is 12.1 Å². The van der Waals surface area contributed by atoms with Crippen LogP contribution in [0.25, 0.3) is 0 Å². The van der Waals surface area contributed by atoms with Crippen LogP contribution in [0.5, 0.6) is 0 Å². The van der Waals surface area contributed by atoms with E-state index in [0.29, 0.717) is 38.2 Å². The Labute approximate surface area is 215 Å². The Bertz CT molecular complexity index is 1090. The monoisotopic (exact) mass is 513 g/mol. The summed E-state index contributed by atoms with van der Waals surface area (Å²) in [4.78, 5) is 26.9. The molecule has 2 amide bonds. The lowest BCUT2D eigenvalue weighted by Crippen LogP contribution is -2.60. The number of carbonyl (C=O) groups excluding carboxylic acids is 2. The van der Waals surface area contributed by atoms with Gasteiger partial charge in [0.1, 0.15) is 11.6 Å². The number of carbonyl (C=O) groups is 2. The van der Waals surface area contributed by atoms with E-state index in [4.69, 9.17) is 4.74 Å². The molecule has 3 N–H and O–H groups in total. The quantitative estimate of drug-likeness (QED) is 0.453. The molecule has 0 radical (unpaired) electrons. The zero-order valence-corrected chi connectivity index (χ0v) is 20.6. The number of nitrogens with zero attached hydrogens (tertiary/aromatic N) is 1. The highest BCUT2D eigenvalue weighted by molar-refractivity contribution is 5.86. The minimum Gasteiger partial charge on any atom is -0.389 e. The molecule has 0 aromatic heterocycles. The van der Waals surface area contributed by atoms with Crippen LogP contribution in [0.4, 0.5) is 8.78 Å². The molecule has 198 valence electrons. The highest BCUT2D eigenvalue weighted by Crippen LogP contribution is 2.33. The summed E-state index contributed by atoms with van der Waals surface area (Å²) in [6.45, 7) is 1.71. The van der Waals surface area contributed by atoms with E-state index in [0.717, 1.165) is 24.5 Å². The number of rotatable bonds is 10. The zero-order chi connectivity index (χ0) is 25.9. The smallest absolute Gasteiger partial charge is 0.227 e. The lowest BCUT2D eigenvalue weighted by molar-refractivity contribution is -0.144. The summed E-state index contributed by atoms with van der Waals surface area (Å²) in [5, 5.41) is 17.5. The summed E-state index contributed by atoms with van der Waals surface area (Å²) < 4.78 is 33.7. The maximum absolute atomic E-state index is 13.8. The van der Waals surface area contributed by atoms with Crippen molar-refractivity contribution >= 4 is 11.8 Å². The molecule has 2 aromatic carbocycles. The van der Waals surface area contributed by atoms with Crippen molar-refractivity contribution in [2.45, 2.75) is 56.6 Å². The molecule has 1 aliphatic carbocycles. The van der Waals surface area contributed by atoms with Crippen molar-refractivity contribution in [1.29, 1.82) is 0 Å². The van der Waals surface area contributed by atoms with Crippen LogP contribution in [-0.2, 0) is 27.4 Å². The molecule has 3 aliphatic rings. The predicted octanol–water partition coefficient (Wildman–Crippen LogP) is 2.17. The molecule has 2 heterocycles. The van der Waals surface area contributed by atoms with Gasteiger partial charge in [0.25, 0.3) is 0 Å². The van der Waals surface area contributed by atoms with Crippen LogP contribution in [0.1, 0.15) is 30.4 Å². The van der Waals surface area contributed by atoms with Crippen LogP contribution < -0.4 is 10.6 Å². The second-order valence-electron chi connectivity index (χ2n) is 10.5. The minimum absolute atomic E-state index is 0.0622. The predicted molar refractivity (Wildman–Crippen MR) is 132 cm³/mol. The molecule has 37 heavy (non-hydrogen) atoms. The van der Waals surface area contributed by atoms with Gasteiger partial charge >= 0.3 is 0 Å². The lowest BCUT2D eigenvalue weighted by Gasteiger charge is -2.39. The first-order valence-corrected chi connectivity index (χ1v) is 13.0. The Morgan fingerprint density at radius 3 is 2.43 bits per heavy atom. The number of likely N-dealkylation sites (tertiary alicyclic amines) is 1. The first-order valence-electron chi connectivity index (χ1n) is 13.0. The normalized spacial score (nSPS) is 23.4. The molecule has 2 aromatic rings. The maximum atomic E-state index is 13.8. The van der Waals surface area contributed by atoms with Gasteiger partial charge < -0.3 is 25.4 Å². The average Bonchev–Trinajstić information content (AvgIpc) is 3.58. The summed E-state index contributed by atoms with van der Waals surface area (Å²) in [5.41, 5.74) is 1.40. The van der Waals surface area contributed by atoms with Crippen molar-refractivity contribution in [3.05, 3.63) is 71.3 Å². The van der Waals surface area contributed by atoms with Crippen molar-refractivity contribution in [3.8, 4) is 0 Å². The van der Waals surface area contributed by atoms with Gasteiger partial charge in [-0.3, -0.25) is 9.59 Å². The van der Waals surface area contributed by atoms with E-state index in [9.17, 15) is 23.5 Å². The van der Waals surface area contributed by atoms with Gasteiger partial charge in [-0.25, -0.2) is 8.78 Å². The van der Waals surface area contributed by atoms with Crippen LogP contribution in [0, 0.1) is 23.5 Å². The molecular weight excluding hydrogens is 480 g/mol. The number of halogens is 2. The zero-order valence-electron chi connectivity index (χ0n) is 20.6. The molecule has 2 aliphatic heterocycles. The molecule has 0 spiro atoms. The van der Waals surface area contributed by atoms with Gasteiger partial charge in [-0.2, -0.15) is 0 Å². The van der Waals surface area contributed by atoms with Gasteiger partial charge in [-0.05, 0) is 48.9 Å². The van der Waals surface area contributed by atoms with Crippen LogP contribution >= 0.6 is 0 Å². The lowest BCUT2D eigenvalue weighted by atomic mass is 9.92. The Morgan fingerprint density at radius 1 is 1.05 bits per heavy atom. The molecule has 0 unspecified atom stereocenters. The van der Waals surface area contributed by atoms with Gasteiger partial charge in [-0.1, -0.05) is 30.3 Å². The van der Waals surface area contributed by atoms with E-state index in [-0.39, 0.29) is 42.2 Å². The number of nitrogens with one attached hydrogen (secondary N) is 2. The number of aliphatic hydroxyl groups excluding tert-OH is 1. The van der Waals surface area contributed by atoms with E-state index in [1.54, 1.807) is 4.90 Å². The fourth-order valence-electron chi connectivity index (χ4n) is 5.14. The van der Waals surface area contributed by atoms with Crippen molar-refractivity contribution in [3.63, 3.8) is 0 Å². The number of ether oxygens (including phenoxy) is 1.